The molecule has 1 atom stereocenters. The first-order chi connectivity index (χ1) is 7.52. The fourth-order valence-electron chi connectivity index (χ4n) is 0.768. The minimum atomic E-state index is -4.54. The molecule has 0 radical (unpaired) electrons. The summed E-state index contributed by atoms with van der Waals surface area (Å²) in [6.45, 7) is 0.329. The van der Waals surface area contributed by atoms with E-state index in [9.17, 15) is 13.2 Å². The molecule has 0 N–H and O–H groups in total. The summed E-state index contributed by atoms with van der Waals surface area (Å²) in [5.41, 5.74) is 0. The van der Waals surface area contributed by atoms with Crippen molar-refractivity contribution in [3.05, 3.63) is 0 Å². The molecule has 0 rings (SSSR count). The Morgan fingerprint density at radius 2 is 1.69 bits per heavy atom. The zero-order valence-corrected chi connectivity index (χ0v) is 8.92. The third kappa shape index (κ3) is 7.45. The van der Waals surface area contributed by atoms with Gasteiger partial charge in [-0.15, -0.1) is 0 Å². The standard InChI is InChI=1S/C9H14F3NO3/c1-14-2-3-15-4-5-16-7-8(6-13)9(10,11)12/h8H,2-5,7H2,1H3. The number of methoxy groups -OCH3 is 1. The molecular formula is C9H14F3NO3. The molecule has 0 saturated carbocycles. The summed E-state index contributed by atoms with van der Waals surface area (Å²) in [6.07, 6.45) is -4.54. The molecule has 0 aromatic carbocycles. The van der Waals surface area contributed by atoms with E-state index in [1.54, 1.807) is 0 Å². The monoisotopic (exact) mass is 241 g/mol. The van der Waals surface area contributed by atoms with Crippen LogP contribution in [0.25, 0.3) is 0 Å². The molecule has 0 fully saturated rings. The van der Waals surface area contributed by atoms with E-state index in [1.807, 2.05) is 0 Å². The minimum absolute atomic E-state index is 0.0258. The lowest BCUT2D eigenvalue weighted by Crippen LogP contribution is -2.26. The van der Waals surface area contributed by atoms with Crippen molar-refractivity contribution in [3.63, 3.8) is 0 Å². The number of ether oxygens (including phenoxy) is 3. The van der Waals surface area contributed by atoms with Gasteiger partial charge in [0.25, 0.3) is 0 Å². The van der Waals surface area contributed by atoms with Gasteiger partial charge >= 0.3 is 6.18 Å². The highest BCUT2D eigenvalue weighted by molar-refractivity contribution is 4.88. The molecule has 0 heterocycles. The van der Waals surface area contributed by atoms with Gasteiger partial charge in [0.2, 0.25) is 0 Å². The molecule has 7 heteroatoms. The topological polar surface area (TPSA) is 51.5 Å². The SMILES string of the molecule is COCCOCCOCC(C#N)C(F)(F)F. The highest BCUT2D eigenvalue weighted by Gasteiger charge is 2.39. The molecule has 0 bridgehead atoms. The first kappa shape index (κ1) is 15.2. The zero-order valence-electron chi connectivity index (χ0n) is 8.92. The summed E-state index contributed by atoms with van der Waals surface area (Å²) < 4.78 is 50.5. The minimum Gasteiger partial charge on any atom is -0.382 e. The van der Waals surface area contributed by atoms with Crippen LogP contribution in [0.4, 0.5) is 13.2 Å². The fourth-order valence-corrected chi connectivity index (χ4v) is 0.768. The van der Waals surface area contributed by atoms with Gasteiger partial charge in [0.15, 0.2) is 5.92 Å². The van der Waals surface area contributed by atoms with E-state index in [0.29, 0.717) is 13.2 Å². The number of nitrogens with zero attached hydrogens (tertiary/aromatic N) is 1. The molecule has 0 aliphatic heterocycles. The highest BCUT2D eigenvalue weighted by Crippen LogP contribution is 2.25. The normalized spacial score (nSPS) is 13.4. The Balaban J connectivity index is 3.47. The maximum Gasteiger partial charge on any atom is 0.406 e. The molecule has 0 aromatic heterocycles. The Labute approximate surface area is 91.9 Å². The molecule has 0 aliphatic carbocycles. The molecule has 0 spiro atoms. The van der Waals surface area contributed by atoms with Crippen molar-refractivity contribution in [2.24, 2.45) is 5.92 Å². The van der Waals surface area contributed by atoms with E-state index in [0.717, 1.165) is 6.07 Å². The predicted octanol–water partition coefficient (Wildman–Crippen LogP) is 1.37. The molecule has 0 saturated heterocycles. The molecule has 4 nitrogen and oxygen atoms in total. The number of alkyl halides is 3. The third-order valence-electron chi connectivity index (χ3n) is 1.64. The van der Waals surface area contributed by atoms with E-state index >= 15 is 0 Å². The van der Waals surface area contributed by atoms with Crippen molar-refractivity contribution in [2.45, 2.75) is 6.18 Å². The lowest BCUT2D eigenvalue weighted by atomic mass is 10.2. The van der Waals surface area contributed by atoms with E-state index in [1.165, 1.54) is 7.11 Å². The van der Waals surface area contributed by atoms with Gasteiger partial charge in [-0.3, -0.25) is 0 Å². The lowest BCUT2D eigenvalue weighted by molar-refractivity contribution is -0.172. The van der Waals surface area contributed by atoms with E-state index in [4.69, 9.17) is 14.7 Å². The largest absolute Gasteiger partial charge is 0.406 e. The number of hydrogen-bond donors (Lipinski definition) is 0. The lowest BCUT2D eigenvalue weighted by Gasteiger charge is -2.13. The maximum atomic E-state index is 12.0. The average molecular weight is 241 g/mol. The smallest absolute Gasteiger partial charge is 0.382 e. The van der Waals surface area contributed by atoms with Crippen LogP contribution >= 0.6 is 0 Å². The molecule has 0 aromatic rings. The van der Waals surface area contributed by atoms with Gasteiger partial charge in [0.1, 0.15) is 0 Å². The number of hydrogen-bond acceptors (Lipinski definition) is 4. The number of nitriles is 1. The van der Waals surface area contributed by atoms with Crippen LogP contribution in [0.1, 0.15) is 0 Å². The highest BCUT2D eigenvalue weighted by atomic mass is 19.4. The average Bonchev–Trinajstić information content (AvgIpc) is 2.20. The van der Waals surface area contributed by atoms with Crippen molar-refractivity contribution in [2.75, 3.05) is 40.1 Å². The summed E-state index contributed by atoms with van der Waals surface area (Å²) in [5.74, 6) is -2.08. The molecule has 16 heavy (non-hydrogen) atoms. The quantitative estimate of drug-likeness (QED) is 0.602. The van der Waals surface area contributed by atoms with Crippen molar-refractivity contribution >= 4 is 0 Å². The van der Waals surface area contributed by atoms with Crippen molar-refractivity contribution in [3.8, 4) is 6.07 Å². The Morgan fingerprint density at radius 3 is 2.19 bits per heavy atom. The Hall–Kier alpha value is -0.840. The van der Waals surface area contributed by atoms with Crippen molar-refractivity contribution < 1.29 is 27.4 Å². The summed E-state index contributed by atoms with van der Waals surface area (Å²) in [7, 11) is 1.51. The van der Waals surface area contributed by atoms with E-state index < -0.39 is 18.7 Å². The summed E-state index contributed by atoms with van der Waals surface area (Å²) in [4.78, 5) is 0. The van der Waals surface area contributed by atoms with Crippen LogP contribution in [-0.2, 0) is 14.2 Å². The van der Waals surface area contributed by atoms with Gasteiger partial charge in [0.05, 0.1) is 39.1 Å². The van der Waals surface area contributed by atoms with Gasteiger partial charge in [0, 0.05) is 7.11 Å². The van der Waals surface area contributed by atoms with Crippen molar-refractivity contribution in [1.82, 2.24) is 0 Å². The first-order valence-corrected chi connectivity index (χ1v) is 4.63. The second-order valence-electron chi connectivity index (χ2n) is 2.90. The molecule has 94 valence electrons. The van der Waals surface area contributed by atoms with Crippen LogP contribution in [0, 0.1) is 17.2 Å². The molecule has 0 aliphatic rings. The fraction of sp³-hybridized carbons (Fsp3) is 0.889. The van der Waals surface area contributed by atoms with Gasteiger partial charge in [-0.2, -0.15) is 18.4 Å². The molecule has 1 unspecified atom stereocenters. The van der Waals surface area contributed by atoms with Crippen LogP contribution in [0.5, 0.6) is 0 Å². The summed E-state index contributed by atoms with van der Waals surface area (Å²) in [5, 5.41) is 8.24. The van der Waals surface area contributed by atoms with Gasteiger partial charge < -0.3 is 14.2 Å². The van der Waals surface area contributed by atoms with Crippen LogP contribution < -0.4 is 0 Å². The second-order valence-corrected chi connectivity index (χ2v) is 2.90. The van der Waals surface area contributed by atoms with Crippen LogP contribution in [0.15, 0.2) is 0 Å². The van der Waals surface area contributed by atoms with Crippen LogP contribution in [0.3, 0.4) is 0 Å². The molecular weight excluding hydrogens is 227 g/mol. The second kappa shape index (κ2) is 8.33. The van der Waals surface area contributed by atoms with Crippen LogP contribution in [0.2, 0.25) is 0 Å². The van der Waals surface area contributed by atoms with E-state index in [-0.39, 0.29) is 13.2 Å². The maximum absolute atomic E-state index is 12.0. The first-order valence-electron chi connectivity index (χ1n) is 4.63. The van der Waals surface area contributed by atoms with Gasteiger partial charge in [-0.25, -0.2) is 0 Å². The van der Waals surface area contributed by atoms with E-state index in [2.05, 4.69) is 4.74 Å². The van der Waals surface area contributed by atoms with Crippen molar-refractivity contribution in [1.29, 1.82) is 5.26 Å². The Kier molecular flexibility index (Phi) is 7.89. The van der Waals surface area contributed by atoms with Gasteiger partial charge in [-0.05, 0) is 0 Å². The summed E-state index contributed by atoms with van der Waals surface area (Å²) in [6, 6.07) is 1.14. The van der Waals surface area contributed by atoms with Crippen LogP contribution in [-0.4, -0.2) is 46.3 Å². The van der Waals surface area contributed by atoms with Gasteiger partial charge in [-0.1, -0.05) is 0 Å². The number of rotatable bonds is 8. The Bertz CT molecular complexity index is 215. The predicted molar refractivity (Wildman–Crippen MR) is 48.7 cm³/mol. The Morgan fingerprint density at radius 1 is 1.12 bits per heavy atom. The zero-order chi connectivity index (χ0) is 12.4. The number of halogens is 3. The molecule has 0 amide bonds. The summed E-state index contributed by atoms with van der Waals surface area (Å²) >= 11 is 0. The third-order valence-corrected chi connectivity index (χ3v) is 1.64.